The first-order valence-corrected chi connectivity index (χ1v) is 5.26. The molecule has 1 amide bonds. The summed E-state index contributed by atoms with van der Waals surface area (Å²) < 4.78 is 25.6. The van der Waals surface area contributed by atoms with Crippen molar-refractivity contribution in [2.75, 3.05) is 5.32 Å². The Kier molecular flexibility index (Phi) is 2.96. The van der Waals surface area contributed by atoms with Crippen LogP contribution in [0.3, 0.4) is 0 Å². The number of hydrogen-bond donors (Lipinski definition) is 1. The molecule has 2 aromatic rings. The Hall–Kier alpha value is -1.75. The summed E-state index contributed by atoms with van der Waals surface area (Å²) in [4.78, 5) is 11.9. The van der Waals surface area contributed by atoms with E-state index < -0.39 is 17.5 Å². The highest BCUT2D eigenvalue weighted by molar-refractivity contribution is 7.12. The molecule has 0 atom stereocenters. The first-order chi connectivity index (χ1) is 7.65. The van der Waals surface area contributed by atoms with Crippen molar-refractivity contribution in [1.82, 2.24) is 0 Å². The fourth-order valence-corrected chi connectivity index (χ4v) is 1.75. The largest absolute Gasteiger partial charge is 0.321 e. The molecule has 1 heterocycles. The van der Waals surface area contributed by atoms with Crippen molar-refractivity contribution >= 4 is 22.9 Å². The molecule has 0 unspecified atom stereocenters. The van der Waals surface area contributed by atoms with E-state index in [2.05, 4.69) is 11.4 Å². The predicted molar refractivity (Wildman–Crippen MR) is 57.5 cm³/mol. The minimum atomic E-state index is -0.731. The molecule has 1 radical (unpaired) electrons. The second-order valence-corrected chi connectivity index (χ2v) is 3.92. The summed E-state index contributed by atoms with van der Waals surface area (Å²) in [6, 6.07) is 7.15. The maximum absolute atomic E-state index is 12.8. The normalized spacial score (nSPS) is 10.1. The molecule has 1 aromatic carbocycles. The Morgan fingerprint density at radius 3 is 2.50 bits per heavy atom. The number of rotatable bonds is 2. The van der Waals surface area contributed by atoms with Crippen LogP contribution in [0.15, 0.2) is 29.6 Å². The number of thiophene rings is 1. The fourth-order valence-electron chi connectivity index (χ4n) is 1.18. The Bertz CT molecular complexity index is 490. The Morgan fingerprint density at radius 1 is 1.25 bits per heavy atom. The molecular weight excluding hydrogens is 232 g/mol. The van der Waals surface area contributed by atoms with E-state index in [4.69, 9.17) is 0 Å². The number of halogens is 2. The molecule has 0 aliphatic rings. The summed E-state index contributed by atoms with van der Waals surface area (Å²) in [5.41, 5.74) is 0.0873. The molecule has 0 bridgehead atoms. The van der Waals surface area contributed by atoms with Crippen LogP contribution in [0.5, 0.6) is 0 Å². The first kappa shape index (κ1) is 10.8. The summed E-state index contributed by atoms with van der Waals surface area (Å²) in [5.74, 6) is -1.89. The van der Waals surface area contributed by atoms with E-state index in [9.17, 15) is 13.6 Å². The minimum Gasteiger partial charge on any atom is -0.321 e. The SMILES string of the molecule is O=C(Nc1cc(F)cc(F)c1)c1[c]ccs1. The third-order valence-electron chi connectivity index (χ3n) is 1.80. The zero-order chi connectivity index (χ0) is 11.5. The highest BCUT2D eigenvalue weighted by Crippen LogP contribution is 2.15. The van der Waals surface area contributed by atoms with Gasteiger partial charge in [-0.2, -0.15) is 0 Å². The maximum atomic E-state index is 12.8. The van der Waals surface area contributed by atoms with Gasteiger partial charge in [-0.05, 0) is 23.6 Å². The van der Waals surface area contributed by atoms with Crippen LogP contribution in [0.4, 0.5) is 14.5 Å². The predicted octanol–water partition coefficient (Wildman–Crippen LogP) is 3.08. The van der Waals surface area contributed by atoms with Crippen LogP contribution in [-0.4, -0.2) is 5.91 Å². The summed E-state index contributed by atoms with van der Waals surface area (Å²) >= 11 is 1.20. The third kappa shape index (κ3) is 2.43. The van der Waals surface area contributed by atoms with Crippen LogP contribution in [0.1, 0.15) is 9.67 Å². The number of carbonyl (C=O) groups excluding carboxylic acids is 1. The monoisotopic (exact) mass is 238 g/mol. The van der Waals surface area contributed by atoms with Crippen molar-refractivity contribution < 1.29 is 13.6 Å². The zero-order valence-electron chi connectivity index (χ0n) is 7.96. The summed E-state index contributed by atoms with van der Waals surface area (Å²) in [7, 11) is 0. The highest BCUT2D eigenvalue weighted by atomic mass is 32.1. The Morgan fingerprint density at radius 2 is 1.94 bits per heavy atom. The molecule has 0 saturated carbocycles. The molecule has 0 fully saturated rings. The Balaban J connectivity index is 2.18. The lowest BCUT2D eigenvalue weighted by molar-refractivity contribution is 0.103. The molecule has 0 saturated heterocycles. The molecule has 16 heavy (non-hydrogen) atoms. The lowest BCUT2D eigenvalue weighted by Gasteiger charge is -2.03. The van der Waals surface area contributed by atoms with Gasteiger partial charge in [-0.1, -0.05) is 0 Å². The van der Waals surface area contributed by atoms with Gasteiger partial charge in [0.1, 0.15) is 16.5 Å². The minimum absolute atomic E-state index is 0.0873. The second kappa shape index (κ2) is 4.40. The van der Waals surface area contributed by atoms with Crippen LogP contribution < -0.4 is 5.32 Å². The van der Waals surface area contributed by atoms with Crippen molar-refractivity contribution in [1.29, 1.82) is 0 Å². The van der Waals surface area contributed by atoms with Crippen LogP contribution in [0.25, 0.3) is 0 Å². The van der Waals surface area contributed by atoms with Crippen molar-refractivity contribution in [3.05, 3.63) is 52.2 Å². The van der Waals surface area contributed by atoms with E-state index in [0.717, 1.165) is 18.2 Å². The van der Waals surface area contributed by atoms with Gasteiger partial charge in [0, 0.05) is 17.8 Å². The van der Waals surface area contributed by atoms with E-state index in [-0.39, 0.29) is 5.69 Å². The van der Waals surface area contributed by atoms with Gasteiger partial charge in [-0.3, -0.25) is 4.79 Å². The molecule has 2 rings (SSSR count). The van der Waals surface area contributed by atoms with E-state index in [0.29, 0.717) is 4.88 Å². The smallest absolute Gasteiger partial charge is 0.266 e. The Labute approximate surface area is 94.5 Å². The van der Waals surface area contributed by atoms with Crippen LogP contribution in [0.2, 0.25) is 0 Å². The quantitative estimate of drug-likeness (QED) is 0.855. The molecule has 81 valence electrons. The average Bonchev–Trinajstić information content (AvgIpc) is 2.68. The van der Waals surface area contributed by atoms with E-state index in [1.54, 1.807) is 11.4 Å². The van der Waals surface area contributed by atoms with Crippen LogP contribution in [-0.2, 0) is 0 Å². The molecule has 0 aliphatic carbocycles. The molecule has 5 heteroatoms. The number of carbonyl (C=O) groups is 1. The van der Waals surface area contributed by atoms with Crippen LogP contribution >= 0.6 is 11.3 Å². The summed E-state index contributed by atoms with van der Waals surface area (Å²) in [6.07, 6.45) is 0. The lowest BCUT2D eigenvalue weighted by Crippen LogP contribution is -2.10. The molecule has 0 spiro atoms. The van der Waals surface area contributed by atoms with Crippen molar-refractivity contribution in [3.63, 3.8) is 0 Å². The molecular formula is C11H6F2NOS. The van der Waals surface area contributed by atoms with Crippen molar-refractivity contribution in [2.45, 2.75) is 0 Å². The van der Waals surface area contributed by atoms with E-state index in [1.165, 1.54) is 11.3 Å². The number of anilines is 1. The zero-order valence-corrected chi connectivity index (χ0v) is 8.78. The van der Waals surface area contributed by atoms with Crippen molar-refractivity contribution in [3.8, 4) is 0 Å². The molecule has 0 aliphatic heterocycles. The maximum Gasteiger partial charge on any atom is 0.266 e. The number of amides is 1. The van der Waals surface area contributed by atoms with Gasteiger partial charge in [-0.15, -0.1) is 11.3 Å². The van der Waals surface area contributed by atoms with Gasteiger partial charge in [0.2, 0.25) is 0 Å². The van der Waals surface area contributed by atoms with Gasteiger partial charge < -0.3 is 5.32 Å². The molecule has 1 N–H and O–H groups in total. The number of hydrogen-bond acceptors (Lipinski definition) is 2. The van der Waals surface area contributed by atoms with E-state index in [1.807, 2.05) is 0 Å². The second-order valence-electron chi connectivity index (χ2n) is 3.01. The summed E-state index contributed by atoms with van der Waals surface area (Å²) in [5, 5.41) is 4.08. The van der Waals surface area contributed by atoms with Crippen molar-refractivity contribution in [2.24, 2.45) is 0 Å². The van der Waals surface area contributed by atoms with Gasteiger partial charge in [-0.25, -0.2) is 8.78 Å². The average molecular weight is 238 g/mol. The van der Waals surface area contributed by atoms with Gasteiger partial charge in [0.15, 0.2) is 0 Å². The van der Waals surface area contributed by atoms with Gasteiger partial charge in [0.25, 0.3) is 5.91 Å². The summed E-state index contributed by atoms with van der Waals surface area (Å²) in [6.45, 7) is 0. The lowest BCUT2D eigenvalue weighted by atomic mass is 10.3. The third-order valence-corrected chi connectivity index (χ3v) is 2.61. The molecule has 1 aromatic heterocycles. The van der Waals surface area contributed by atoms with Gasteiger partial charge in [0.05, 0.1) is 0 Å². The number of benzene rings is 1. The van der Waals surface area contributed by atoms with Gasteiger partial charge >= 0.3 is 0 Å². The highest BCUT2D eigenvalue weighted by Gasteiger charge is 2.08. The topological polar surface area (TPSA) is 29.1 Å². The fraction of sp³-hybridized carbons (Fsp3) is 0. The standard InChI is InChI=1S/C11H6F2NOS/c12-7-4-8(13)6-9(5-7)14-11(15)10-2-1-3-16-10/h1,3-6H,(H,14,15). The number of nitrogens with one attached hydrogen (secondary N) is 1. The van der Waals surface area contributed by atoms with E-state index >= 15 is 0 Å². The van der Waals surface area contributed by atoms with Crippen LogP contribution in [0, 0.1) is 17.7 Å². The molecule has 2 nitrogen and oxygen atoms in total. The first-order valence-electron chi connectivity index (χ1n) is 4.38.